The van der Waals surface area contributed by atoms with Gasteiger partial charge in [0.2, 0.25) is 0 Å². The Bertz CT molecular complexity index is 371. The molecule has 1 fully saturated rings. The number of ether oxygens (including phenoxy) is 1. The first-order chi connectivity index (χ1) is 6.95. The number of hydrogen-bond donors (Lipinski definition) is 0. The van der Waals surface area contributed by atoms with Crippen molar-refractivity contribution >= 4 is 15.9 Å². The normalized spacial score (nSPS) is 20.4. The van der Waals surface area contributed by atoms with Crippen LogP contribution in [0.25, 0.3) is 0 Å². The van der Waals surface area contributed by atoms with Crippen LogP contribution in [0, 0.1) is 0 Å². The summed E-state index contributed by atoms with van der Waals surface area (Å²) in [5.41, 5.74) is 0.0340. The second kappa shape index (κ2) is 3.79. The Labute approximate surface area is 93.4 Å². The van der Waals surface area contributed by atoms with E-state index in [1.807, 2.05) is 0 Å². The van der Waals surface area contributed by atoms with Gasteiger partial charge in [0, 0.05) is 10.9 Å². The van der Waals surface area contributed by atoms with E-state index in [1.54, 1.807) is 6.07 Å². The van der Waals surface area contributed by atoms with E-state index in [9.17, 15) is 13.2 Å². The molecule has 1 nitrogen and oxygen atoms in total. The van der Waals surface area contributed by atoms with Crippen LogP contribution in [0.3, 0.4) is 0 Å². The summed E-state index contributed by atoms with van der Waals surface area (Å²) in [5, 5.41) is 0. The van der Waals surface area contributed by atoms with Crippen LogP contribution < -0.4 is 0 Å². The van der Waals surface area contributed by atoms with Gasteiger partial charge in [0.05, 0.1) is 18.3 Å². The van der Waals surface area contributed by atoms with Gasteiger partial charge in [0.15, 0.2) is 0 Å². The van der Waals surface area contributed by atoms with Crippen LogP contribution in [0.2, 0.25) is 0 Å². The van der Waals surface area contributed by atoms with Gasteiger partial charge in [-0.25, -0.2) is 0 Å². The molecule has 1 atom stereocenters. The van der Waals surface area contributed by atoms with Crippen LogP contribution >= 0.6 is 15.9 Å². The Balaban J connectivity index is 2.27. The summed E-state index contributed by atoms with van der Waals surface area (Å²) in [6.07, 6.45) is -3.65. The van der Waals surface area contributed by atoms with Crippen molar-refractivity contribution in [3.05, 3.63) is 33.8 Å². The molecule has 82 valence electrons. The summed E-state index contributed by atoms with van der Waals surface area (Å²) in [4.78, 5) is 0. The van der Waals surface area contributed by atoms with Gasteiger partial charge in [0.25, 0.3) is 0 Å². The predicted molar refractivity (Wildman–Crippen MR) is 52.6 cm³/mol. The molecule has 1 aromatic rings. The average molecular weight is 281 g/mol. The molecule has 1 aliphatic rings. The molecule has 1 heterocycles. The Morgan fingerprint density at radius 3 is 2.53 bits per heavy atom. The van der Waals surface area contributed by atoms with E-state index in [0.29, 0.717) is 23.1 Å². The van der Waals surface area contributed by atoms with E-state index in [0.717, 1.165) is 6.07 Å². The highest BCUT2D eigenvalue weighted by atomic mass is 79.9. The molecule has 1 unspecified atom stereocenters. The third-order valence-electron chi connectivity index (χ3n) is 2.15. The zero-order valence-corrected chi connectivity index (χ0v) is 9.23. The van der Waals surface area contributed by atoms with E-state index < -0.39 is 11.7 Å². The molecule has 1 saturated heterocycles. The molecule has 15 heavy (non-hydrogen) atoms. The smallest absolute Gasteiger partial charge is 0.373 e. The van der Waals surface area contributed by atoms with Gasteiger partial charge in [-0.15, -0.1) is 0 Å². The molecule has 5 heteroatoms. The lowest BCUT2D eigenvalue weighted by Gasteiger charge is -2.09. The van der Waals surface area contributed by atoms with Crippen molar-refractivity contribution in [1.82, 2.24) is 0 Å². The van der Waals surface area contributed by atoms with Crippen LogP contribution in [-0.2, 0) is 17.3 Å². The first-order valence-electron chi connectivity index (χ1n) is 4.43. The van der Waals surface area contributed by atoms with Gasteiger partial charge >= 0.3 is 6.18 Å². The summed E-state index contributed by atoms with van der Waals surface area (Å²) in [5.74, 6) is 0. The molecular weight excluding hydrogens is 273 g/mol. The van der Waals surface area contributed by atoms with Gasteiger partial charge in [0.1, 0.15) is 0 Å². The topological polar surface area (TPSA) is 12.5 Å². The molecule has 0 bridgehead atoms. The average Bonchev–Trinajstić information content (AvgIpc) is 2.85. The predicted octanol–water partition coefficient (Wildman–Crippen LogP) is 3.41. The summed E-state index contributed by atoms with van der Waals surface area (Å²) >= 11 is 3.07. The molecule has 0 radical (unpaired) electrons. The maximum Gasteiger partial charge on any atom is 0.416 e. The zero-order valence-electron chi connectivity index (χ0n) is 7.64. The Morgan fingerprint density at radius 1 is 1.33 bits per heavy atom. The third kappa shape index (κ3) is 2.95. The van der Waals surface area contributed by atoms with E-state index in [2.05, 4.69) is 15.9 Å². The highest BCUT2D eigenvalue weighted by Gasteiger charge is 2.31. The van der Waals surface area contributed by atoms with Crippen molar-refractivity contribution in [2.75, 3.05) is 6.61 Å². The second-order valence-electron chi connectivity index (χ2n) is 3.51. The minimum Gasteiger partial charge on any atom is -0.373 e. The lowest BCUT2D eigenvalue weighted by atomic mass is 10.1. The maximum absolute atomic E-state index is 12.4. The minimum atomic E-state index is -4.29. The first-order valence-corrected chi connectivity index (χ1v) is 5.23. The van der Waals surface area contributed by atoms with Crippen LogP contribution in [0.15, 0.2) is 22.7 Å². The van der Waals surface area contributed by atoms with Crippen LogP contribution in [0.5, 0.6) is 0 Å². The highest BCUT2D eigenvalue weighted by molar-refractivity contribution is 9.10. The number of alkyl halides is 3. The fourth-order valence-electron chi connectivity index (χ4n) is 1.38. The monoisotopic (exact) mass is 280 g/mol. The summed E-state index contributed by atoms with van der Waals surface area (Å²) in [7, 11) is 0. The summed E-state index contributed by atoms with van der Waals surface area (Å²) < 4.78 is 42.8. The largest absolute Gasteiger partial charge is 0.416 e. The molecule has 0 N–H and O–H groups in total. The fraction of sp³-hybridized carbons (Fsp3) is 0.400. The Morgan fingerprint density at radius 2 is 2.00 bits per heavy atom. The SMILES string of the molecule is FC(F)(F)c1cc(Br)cc(CC2CO2)c1. The molecule has 1 aliphatic heterocycles. The number of rotatable bonds is 2. The van der Waals surface area contributed by atoms with E-state index in [-0.39, 0.29) is 6.10 Å². The van der Waals surface area contributed by atoms with Crippen LogP contribution in [0.4, 0.5) is 13.2 Å². The lowest BCUT2D eigenvalue weighted by Crippen LogP contribution is -2.06. The molecule has 2 rings (SSSR count). The van der Waals surface area contributed by atoms with Crippen LogP contribution in [-0.4, -0.2) is 12.7 Å². The number of halogens is 4. The Hall–Kier alpha value is -0.550. The molecule has 0 spiro atoms. The van der Waals surface area contributed by atoms with Gasteiger partial charge in [-0.2, -0.15) is 13.2 Å². The van der Waals surface area contributed by atoms with Crippen molar-refractivity contribution in [2.45, 2.75) is 18.7 Å². The lowest BCUT2D eigenvalue weighted by molar-refractivity contribution is -0.137. The molecule has 0 saturated carbocycles. The minimum absolute atomic E-state index is 0.0976. The summed E-state index contributed by atoms with van der Waals surface area (Å²) in [6, 6.07) is 3.95. The first kappa shape index (κ1) is 11.0. The zero-order chi connectivity index (χ0) is 11.1. The van der Waals surface area contributed by atoms with Gasteiger partial charge < -0.3 is 4.74 Å². The second-order valence-corrected chi connectivity index (χ2v) is 4.42. The molecule has 1 aromatic carbocycles. The van der Waals surface area contributed by atoms with Crippen molar-refractivity contribution < 1.29 is 17.9 Å². The fourth-order valence-corrected chi connectivity index (χ4v) is 1.92. The summed E-state index contributed by atoms with van der Waals surface area (Å²) in [6.45, 7) is 0.647. The standard InChI is InChI=1S/C10H8BrF3O/c11-8-2-6(3-9-5-15-9)1-7(4-8)10(12,13)14/h1-2,4,9H,3,5H2. The number of benzene rings is 1. The quantitative estimate of drug-likeness (QED) is 0.757. The molecule has 0 amide bonds. The number of epoxide rings is 1. The van der Waals surface area contributed by atoms with Crippen molar-refractivity contribution in [1.29, 1.82) is 0 Å². The highest BCUT2D eigenvalue weighted by Crippen LogP contribution is 2.32. The molecular formula is C10H8BrF3O. The van der Waals surface area contributed by atoms with Gasteiger partial charge in [-0.3, -0.25) is 0 Å². The molecule has 0 aromatic heterocycles. The molecule has 0 aliphatic carbocycles. The Kier molecular flexibility index (Phi) is 2.77. The van der Waals surface area contributed by atoms with Crippen molar-refractivity contribution in [2.24, 2.45) is 0 Å². The van der Waals surface area contributed by atoms with Crippen molar-refractivity contribution in [3.8, 4) is 0 Å². The maximum atomic E-state index is 12.4. The van der Waals surface area contributed by atoms with Gasteiger partial charge in [-0.1, -0.05) is 15.9 Å². The third-order valence-corrected chi connectivity index (χ3v) is 2.61. The van der Waals surface area contributed by atoms with Crippen LogP contribution in [0.1, 0.15) is 11.1 Å². The van der Waals surface area contributed by atoms with E-state index in [4.69, 9.17) is 4.74 Å². The van der Waals surface area contributed by atoms with Gasteiger partial charge in [-0.05, 0) is 23.8 Å². The number of hydrogen-bond acceptors (Lipinski definition) is 1. The van der Waals surface area contributed by atoms with Crippen molar-refractivity contribution in [3.63, 3.8) is 0 Å². The van der Waals surface area contributed by atoms with E-state index >= 15 is 0 Å². The van der Waals surface area contributed by atoms with E-state index in [1.165, 1.54) is 6.07 Å².